The predicted molar refractivity (Wildman–Crippen MR) is 75.4 cm³/mol. The van der Waals surface area contributed by atoms with Gasteiger partial charge in [0.2, 0.25) is 0 Å². The van der Waals surface area contributed by atoms with Crippen molar-refractivity contribution in [3.05, 3.63) is 18.2 Å². The lowest BCUT2D eigenvalue weighted by Gasteiger charge is -2.15. The maximum absolute atomic E-state index is 12.1. The zero-order valence-corrected chi connectivity index (χ0v) is 11.7. The van der Waals surface area contributed by atoms with Gasteiger partial charge in [0, 0.05) is 11.8 Å². The van der Waals surface area contributed by atoms with Gasteiger partial charge >= 0.3 is 0 Å². The molecule has 3 nitrogen and oxygen atoms in total. The van der Waals surface area contributed by atoms with Gasteiger partial charge < -0.3 is 14.6 Å². The Morgan fingerprint density at radius 3 is 2.71 bits per heavy atom. The summed E-state index contributed by atoms with van der Waals surface area (Å²) < 4.78 is 38.8. The van der Waals surface area contributed by atoms with Crippen LogP contribution in [0.15, 0.2) is 18.2 Å². The molecule has 0 bridgehead atoms. The highest BCUT2D eigenvalue weighted by atomic mass is 31.2. The van der Waals surface area contributed by atoms with Gasteiger partial charge in [0.05, 0.1) is 16.8 Å². The summed E-state index contributed by atoms with van der Waals surface area (Å²) in [5.41, 5.74) is 0.604. The van der Waals surface area contributed by atoms with Gasteiger partial charge in [-0.05, 0) is 37.4 Å². The number of anilines is 1. The molecule has 0 aliphatic heterocycles. The van der Waals surface area contributed by atoms with Crippen LogP contribution in [-0.4, -0.2) is 26.9 Å². The standard InChI is InChI=1S/C13H22NO2P/c1-10(2)9-14-12-7-6-11(17(4,5)15)8-13(12)16-3/h6-8,10,14H,9H2,1-5H3/i3D3. The first-order chi connectivity index (χ1) is 8.99. The monoisotopic (exact) mass is 258 g/mol. The largest absolute Gasteiger partial charge is 0.495 e. The molecular weight excluding hydrogens is 233 g/mol. The van der Waals surface area contributed by atoms with E-state index in [9.17, 15) is 4.57 Å². The maximum atomic E-state index is 12.1. The van der Waals surface area contributed by atoms with Gasteiger partial charge in [0.1, 0.15) is 12.9 Å². The van der Waals surface area contributed by atoms with Crippen molar-refractivity contribution in [1.29, 1.82) is 0 Å². The fraction of sp³-hybridized carbons (Fsp3) is 0.538. The summed E-state index contributed by atoms with van der Waals surface area (Å²) in [5, 5.41) is 3.75. The summed E-state index contributed by atoms with van der Waals surface area (Å²) in [4.78, 5) is 0. The Kier molecular flexibility index (Phi) is 3.30. The van der Waals surface area contributed by atoms with Crippen molar-refractivity contribution in [3.63, 3.8) is 0 Å². The normalized spacial score (nSPS) is 15.0. The van der Waals surface area contributed by atoms with Crippen LogP contribution in [-0.2, 0) is 4.57 Å². The second-order valence-electron chi connectivity index (χ2n) is 4.91. The van der Waals surface area contributed by atoms with E-state index >= 15 is 0 Å². The Balaban J connectivity index is 3.13. The van der Waals surface area contributed by atoms with Crippen LogP contribution in [0.4, 0.5) is 5.69 Å². The molecule has 0 radical (unpaired) electrons. The van der Waals surface area contributed by atoms with Gasteiger partial charge in [-0.1, -0.05) is 13.8 Å². The molecule has 0 aromatic heterocycles. The van der Waals surface area contributed by atoms with E-state index in [0.29, 0.717) is 23.5 Å². The third kappa shape index (κ3) is 4.08. The number of hydrogen-bond donors (Lipinski definition) is 1. The third-order valence-corrected chi connectivity index (χ3v) is 3.92. The molecular formula is C13H22NO2P. The number of rotatable bonds is 5. The minimum Gasteiger partial charge on any atom is -0.495 e. The number of benzene rings is 1. The van der Waals surface area contributed by atoms with E-state index in [4.69, 9.17) is 8.85 Å². The lowest BCUT2D eigenvalue weighted by Crippen LogP contribution is -2.11. The SMILES string of the molecule is [2H]C([2H])([2H])Oc1cc(P(C)(C)=O)ccc1NCC(C)C. The second-order valence-corrected chi connectivity index (χ2v) is 8.13. The molecule has 0 fully saturated rings. The number of methoxy groups -OCH3 is 1. The molecule has 0 atom stereocenters. The molecule has 1 N–H and O–H groups in total. The van der Waals surface area contributed by atoms with Crippen molar-refractivity contribution < 1.29 is 13.4 Å². The van der Waals surface area contributed by atoms with Crippen LogP contribution in [0.3, 0.4) is 0 Å². The Morgan fingerprint density at radius 1 is 1.47 bits per heavy atom. The molecule has 0 saturated carbocycles. The van der Waals surface area contributed by atoms with Gasteiger partial charge in [-0.15, -0.1) is 0 Å². The number of ether oxygens (including phenoxy) is 1. The molecule has 0 amide bonds. The first kappa shape index (κ1) is 10.0. The van der Waals surface area contributed by atoms with Gasteiger partial charge in [-0.25, -0.2) is 0 Å². The van der Waals surface area contributed by atoms with E-state index in [1.54, 1.807) is 31.5 Å². The van der Waals surface area contributed by atoms with Crippen molar-refractivity contribution in [2.75, 3.05) is 32.2 Å². The molecule has 0 heterocycles. The lowest BCUT2D eigenvalue weighted by atomic mass is 10.2. The maximum Gasteiger partial charge on any atom is 0.142 e. The van der Waals surface area contributed by atoms with Crippen molar-refractivity contribution >= 4 is 18.1 Å². The molecule has 0 saturated heterocycles. The van der Waals surface area contributed by atoms with Crippen LogP contribution in [0.1, 0.15) is 18.0 Å². The van der Waals surface area contributed by atoms with E-state index in [1.165, 1.54) is 0 Å². The van der Waals surface area contributed by atoms with Crippen molar-refractivity contribution in [2.24, 2.45) is 5.92 Å². The Morgan fingerprint density at radius 2 is 2.18 bits per heavy atom. The van der Waals surface area contributed by atoms with Crippen LogP contribution in [0.25, 0.3) is 0 Å². The van der Waals surface area contributed by atoms with Crippen LogP contribution < -0.4 is 15.4 Å². The van der Waals surface area contributed by atoms with E-state index in [-0.39, 0.29) is 5.75 Å². The molecule has 1 rings (SSSR count). The van der Waals surface area contributed by atoms with E-state index < -0.39 is 14.2 Å². The molecule has 0 aliphatic rings. The van der Waals surface area contributed by atoms with Gasteiger partial charge in [0.25, 0.3) is 0 Å². The highest BCUT2D eigenvalue weighted by Crippen LogP contribution is 2.37. The minimum atomic E-state index is -2.53. The van der Waals surface area contributed by atoms with Gasteiger partial charge in [-0.3, -0.25) is 0 Å². The summed E-state index contributed by atoms with van der Waals surface area (Å²) in [5.74, 6) is 0.630. The topological polar surface area (TPSA) is 38.3 Å². The Bertz CT molecular complexity index is 509. The van der Waals surface area contributed by atoms with Crippen LogP contribution in [0.5, 0.6) is 5.75 Å². The molecule has 0 unspecified atom stereocenters. The fourth-order valence-electron chi connectivity index (χ4n) is 1.39. The minimum absolute atomic E-state index is 0.215. The summed E-state index contributed by atoms with van der Waals surface area (Å²) in [7, 11) is -4.99. The quantitative estimate of drug-likeness (QED) is 0.825. The highest BCUT2D eigenvalue weighted by molar-refractivity contribution is 7.70. The summed E-state index contributed by atoms with van der Waals surface area (Å²) in [6, 6.07) is 5.02. The first-order valence-corrected chi connectivity index (χ1v) is 8.21. The lowest BCUT2D eigenvalue weighted by molar-refractivity contribution is 0.416. The molecule has 96 valence electrons. The van der Waals surface area contributed by atoms with E-state index in [2.05, 4.69) is 19.2 Å². The molecule has 17 heavy (non-hydrogen) atoms. The Hall–Kier alpha value is -0.950. The molecule has 0 aliphatic carbocycles. The predicted octanol–water partition coefficient (Wildman–Crippen LogP) is 3.01. The van der Waals surface area contributed by atoms with Gasteiger partial charge in [-0.2, -0.15) is 0 Å². The molecule has 1 aromatic carbocycles. The van der Waals surface area contributed by atoms with Crippen molar-refractivity contribution in [3.8, 4) is 5.75 Å². The molecule has 1 aromatic rings. The first-order valence-electron chi connectivity index (χ1n) is 7.11. The third-order valence-electron chi connectivity index (χ3n) is 2.40. The van der Waals surface area contributed by atoms with Crippen molar-refractivity contribution in [1.82, 2.24) is 0 Å². The van der Waals surface area contributed by atoms with Crippen LogP contribution in [0, 0.1) is 5.92 Å². The average molecular weight is 258 g/mol. The zero-order chi connectivity index (χ0) is 15.6. The summed E-state index contributed by atoms with van der Waals surface area (Å²) >= 11 is 0. The second kappa shape index (κ2) is 5.59. The Labute approximate surface area is 108 Å². The fourth-order valence-corrected chi connectivity index (χ4v) is 2.25. The summed E-state index contributed by atoms with van der Waals surface area (Å²) in [6.07, 6.45) is 0. The van der Waals surface area contributed by atoms with Crippen LogP contribution >= 0.6 is 7.14 Å². The number of nitrogens with one attached hydrogen (secondary N) is 1. The average Bonchev–Trinajstić information content (AvgIpc) is 2.23. The van der Waals surface area contributed by atoms with Crippen molar-refractivity contribution in [2.45, 2.75) is 13.8 Å². The van der Waals surface area contributed by atoms with Gasteiger partial charge in [0.15, 0.2) is 0 Å². The highest BCUT2D eigenvalue weighted by Gasteiger charge is 2.13. The van der Waals surface area contributed by atoms with Crippen LogP contribution in [0.2, 0.25) is 0 Å². The van der Waals surface area contributed by atoms with E-state index in [0.717, 1.165) is 0 Å². The smallest absolute Gasteiger partial charge is 0.142 e. The molecule has 0 spiro atoms. The zero-order valence-electron chi connectivity index (χ0n) is 13.8. The summed E-state index contributed by atoms with van der Waals surface area (Å²) in [6.45, 7) is 8.09. The molecule has 4 heteroatoms. The van der Waals surface area contributed by atoms with E-state index in [1.807, 2.05) is 0 Å². The number of hydrogen-bond acceptors (Lipinski definition) is 3.